The topological polar surface area (TPSA) is 25.2 Å². The summed E-state index contributed by atoms with van der Waals surface area (Å²) < 4.78 is 6.42. The summed E-state index contributed by atoms with van der Waals surface area (Å²) in [7, 11) is 0. The molecule has 0 saturated heterocycles. The van der Waals surface area contributed by atoms with Crippen molar-refractivity contribution in [2.75, 3.05) is 6.54 Å². The molecule has 0 spiro atoms. The fraction of sp³-hybridized carbons (Fsp3) is 0.692. The average molecular weight is 288 g/mol. The zero-order chi connectivity index (χ0) is 12.4. The molecule has 0 aliphatic heterocycles. The Morgan fingerprint density at radius 2 is 1.81 bits per heavy atom. The molecular weight excluding hydrogens is 266 g/mol. The molecule has 0 aliphatic rings. The average Bonchev–Trinajstić information content (AvgIpc) is 2.49. The second kappa shape index (κ2) is 4.92. The van der Waals surface area contributed by atoms with Crippen LogP contribution in [0.2, 0.25) is 0 Å². The largest absolute Gasteiger partial charge is 0.454 e. The Kier molecular flexibility index (Phi) is 4.24. The smallest absolute Gasteiger partial charge is 0.169 e. The highest BCUT2D eigenvalue weighted by Gasteiger charge is 2.24. The van der Waals surface area contributed by atoms with Crippen LogP contribution in [0, 0.1) is 0 Å². The van der Waals surface area contributed by atoms with E-state index in [-0.39, 0.29) is 11.0 Å². The van der Waals surface area contributed by atoms with Gasteiger partial charge in [-0.25, -0.2) is 0 Å². The van der Waals surface area contributed by atoms with Crippen LogP contribution >= 0.6 is 15.9 Å². The summed E-state index contributed by atoms with van der Waals surface area (Å²) >= 11 is 3.34. The lowest BCUT2D eigenvalue weighted by Crippen LogP contribution is -2.38. The van der Waals surface area contributed by atoms with Gasteiger partial charge in [0.1, 0.15) is 5.76 Å². The lowest BCUT2D eigenvalue weighted by atomic mass is 9.86. The van der Waals surface area contributed by atoms with Crippen LogP contribution in [0.3, 0.4) is 0 Å². The van der Waals surface area contributed by atoms with Gasteiger partial charge in [-0.3, -0.25) is 0 Å². The van der Waals surface area contributed by atoms with E-state index < -0.39 is 0 Å². The number of furan rings is 1. The van der Waals surface area contributed by atoms with Crippen LogP contribution in [-0.4, -0.2) is 12.1 Å². The Bertz CT molecular complexity index is 336. The molecule has 0 saturated carbocycles. The zero-order valence-electron chi connectivity index (χ0n) is 10.9. The number of hydrogen-bond acceptors (Lipinski definition) is 2. The van der Waals surface area contributed by atoms with Crippen molar-refractivity contribution >= 4 is 15.9 Å². The summed E-state index contributed by atoms with van der Waals surface area (Å²) in [5.41, 5.74) is 0.254. The van der Waals surface area contributed by atoms with Gasteiger partial charge in [0.15, 0.2) is 4.67 Å². The molecule has 0 unspecified atom stereocenters. The lowest BCUT2D eigenvalue weighted by Gasteiger charge is -2.26. The molecule has 92 valence electrons. The lowest BCUT2D eigenvalue weighted by molar-refractivity contribution is 0.329. The van der Waals surface area contributed by atoms with Crippen molar-refractivity contribution in [1.29, 1.82) is 0 Å². The molecule has 0 fully saturated rings. The fourth-order valence-electron chi connectivity index (χ4n) is 1.55. The van der Waals surface area contributed by atoms with E-state index in [2.05, 4.69) is 55.9 Å². The Balaban J connectivity index is 2.52. The van der Waals surface area contributed by atoms with Crippen molar-refractivity contribution in [3.63, 3.8) is 0 Å². The molecule has 0 bridgehead atoms. The summed E-state index contributed by atoms with van der Waals surface area (Å²) in [4.78, 5) is 0. The highest BCUT2D eigenvalue weighted by Crippen LogP contribution is 2.30. The van der Waals surface area contributed by atoms with Crippen molar-refractivity contribution in [2.24, 2.45) is 0 Å². The fourth-order valence-corrected chi connectivity index (χ4v) is 1.86. The highest BCUT2D eigenvalue weighted by molar-refractivity contribution is 9.10. The summed E-state index contributed by atoms with van der Waals surface area (Å²) in [6.45, 7) is 12.0. The molecular formula is C13H22BrNO. The van der Waals surface area contributed by atoms with E-state index in [9.17, 15) is 0 Å². The number of nitrogens with one attached hydrogen (secondary N) is 1. The molecule has 1 rings (SSSR count). The van der Waals surface area contributed by atoms with E-state index in [1.54, 1.807) is 0 Å². The van der Waals surface area contributed by atoms with Crippen LogP contribution in [0.4, 0.5) is 0 Å². The molecule has 1 aromatic heterocycles. The van der Waals surface area contributed by atoms with Crippen LogP contribution < -0.4 is 5.32 Å². The third kappa shape index (κ3) is 4.30. The van der Waals surface area contributed by atoms with E-state index in [4.69, 9.17) is 4.42 Å². The molecule has 3 heteroatoms. The van der Waals surface area contributed by atoms with E-state index in [1.807, 2.05) is 12.1 Å². The molecule has 1 aromatic rings. The second-order valence-corrected chi connectivity index (χ2v) is 6.70. The van der Waals surface area contributed by atoms with Gasteiger partial charge in [0.2, 0.25) is 0 Å². The van der Waals surface area contributed by atoms with Crippen LogP contribution in [0.25, 0.3) is 0 Å². The standard InChI is InChI=1S/C13H22BrNO/c1-12(2,3)15-9-8-13(4,5)10-6-7-11(14)16-10/h6-7,15H,8-9H2,1-5H3. The number of hydrogen-bond donors (Lipinski definition) is 1. The summed E-state index contributed by atoms with van der Waals surface area (Å²) in [5, 5.41) is 3.50. The van der Waals surface area contributed by atoms with Gasteiger partial charge in [-0.1, -0.05) is 13.8 Å². The van der Waals surface area contributed by atoms with Gasteiger partial charge in [0.05, 0.1) is 0 Å². The van der Waals surface area contributed by atoms with Gasteiger partial charge in [-0.05, 0) is 61.8 Å². The Morgan fingerprint density at radius 3 is 2.25 bits per heavy atom. The Labute approximate surface area is 107 Å². The first-order chi connectivity index (χ1) is 7.21. The maximum atomic E-state index is 5.62. The van der Waals surface area contributed by atoms with Crippen molar-refractivity contribution in [3.05, 3.63) is 22.6 Å². The van der Waals surface area contributed by atoms with E-state index in [1.165, 1.54) is 0 Å². The molecule has 16 heavy (non-hydrogen) atoms. The minimum absolute atomic E-state index is 0.0737. The third-order valence-electron chi connectivity index (χ3n) is 2.65. The zero-order valence-corrected chi connectivity index (χ0v) is 12.4. The Morgan fingerprint density at radius 1 is 1.19 bits per heavy atom. The van der Waals surface area contributed by atoms with Gasteiger partial charge < -0.3 is 9.73 Å². The van der Waals surface area contributed by atoms with E-state index >= 15 is 0 Å². The van der Waals surface area contributed by atoms with Gasteiger partial charge >= 0.3 is 0 Å². The monoisotopic (exact) mass is 287 g/mol. The van der Waals surface area contributed by atoms with Crippen molar-refractivity contribution < 1.29 is 4.42 Å². The molecule has 0 atom stereocenters. The molecule has 1 heterocycles. The Hall–Kier alpha value is -0.280. The van der Waals surface area contributed by atoms with Crippen molar-refractivity contribution in [2.45, 2.75) is 52.0 Å². The van der Waals surface area contributed by atoms with Crippen LogP contribution in [0.15, 0.2) is 21.2 Å². The van der Waals surface area contributed by atoms with Crippen LogP contribution in [0.1, 0.15) is 46.8 Å². The van der Waals surface area contributed by atoms with Crippen LogP contribution in [-0.2, 0) is 5.41 Å². The summed E-state index contributed by atoms with van der Waals surface area (Å²) in [6.07, 6.45) is 1.06. The SMILES string of the molecule is CC(C)(C)NCCC(C)(C)c1ccc(Br)o1. The third-order valence-corrected chi connectivity index (χ3v) is 3.07. The summed E-state index contributed by atoms with van der Waals surface area (Å²) in [5.74, 6) is 1.04. The van der Waals surface area contributed by atoms with Gasteiger partial charge in [0.25, 0.3) is 0 Å². The molecule has 2 nitrogen and oxygen atoms in total. The highest BCUT2D eigenvalue weighted by atomic mass is 79.9. The van der Waals surface area contributed by atoms with Crippen molar-refractivity contribution in [3.8, 4) is 0 Å². The summed E-state index contributed by atoms with van der Waals surface area (Å²) in [6, 6.07) is 4.00. The predicted molar refractivity (Wildman–Crippen MR) is 71.8 cm³/mol. The maximum absolute atomic E-state index is 5.62. The van der Waals surface area contributed by atoms with Crippen LogP contribution in [0.5, 0.6) is 0 Å². The normalized spacial score (nSPS) is 13.1. The van der Waals surface area contributed by atoms with Crippen molar-refractivity contribution in [1.82, 2.24) is 5.32 Å². The molecule has 0 aliphatic carbocycles. The van der Waals surface area contributed by atoms with Gasteiger partial charge in [-0.15, -0.1) is 0 Å². The first-order valence-corrected chi connectivity index (χ1v) is 6.51. The molecule has 0 aromatic carbocycles. The first kappa shape index (κ1) is 13.8. The predicted octanol–water partition coefficient (Wildman–Crippen LogP) is 4.10. The second-order valence-electron chi connectivity index (χ2n) is 5.91. The minimum atomic E-state index is 0.0737. The first-order valence-electron chi connectivity index (χ1n) is 5.72. The number of rotatable bonds is 4. The number of halogens is 1. The van der Waals surface area contributed by atoms with Gasteiger partial charge in [-0.2, -0.15) is 0 Å². The molecule has 0 amide bonds. The van der Waals surface area contributed by atoms with E-state index in [0.717, 1.165) is 23.4 Å². The molecule has 0 radical (unpaired) electrons. The maximum Gasteiger partial charge on any atom is 0.169 e. The minimum Gasteiger partial charge on any atom is -0.454 e. The molecule has 1 N–H and O–H groups in total. The van der Waals surface area contributed by atoms with E-state index in [0.29, 0.717) is 0 Å². The quantitative estimate of drug-likeness (QED) is 0.902. The van der Waals surface area contributed by atoms with Gasteiger partial charge in [0, 0.05) is 11.0 Å².